The number of oxime groups is 1. The fraction of sp³-hybridized carbons (Fsp3) is 0.176. The second-order valence-electron chi connectivity index (χ2n) is 5.40. The van der Waals surface area contributed by atoms with E-state index in [2.05, 4.69) is 10.3 Å². The van der Waals surface area contributed by atoms with E-state index >= 15 is 0 Å². The molecule has 0 saturated carbocycles. The average molecular weight is 297 g/mol. The Morgan fingerprint density at radius 2 is 1.91 bits per heavy atom. The van der Waals surface area contributed by atoms with Crippen LogP contribution in [0.15, 0.2) is 53.8 Å². The summed E-state index contributed by atoms with van der Waals surface area (Å²) in [5, 5.41) is 17.5. The number of pyridine rings is 1. The SMILES string of the molecule is CC(C)/C(=N\O)c1c(-c2ccc(F)cc2)nn2ccccc12. The lowest BCUT2D eigenvalue weighted by Gasteiger charge is -2.09. The van der Waals surface area contributed by atoms with Gasteiger partial charge < -0.3 is 5.21 Å². The molecule has 0 aliphatic rings. The molecule has 3 rings (SSSR count). The van der Waals surface area contributed by atoms with Crippen molar-refractivity contribution in [2.24, 2.45) is 11.1 Å². The van der Waals surface area contributed by atoms with Gasteiger partial charge in [-0.15, -0.1) is 0 Å². The number of hydrogen-bond acceptors (Lipinski definition) is 3. The van der Waals surface area contributed by atoms with Gasteiger partial charge in [0.05, 0.1) is 16.8 Å². The van der Waals surface area contributed by atoms with Crippen LogP contribution < -0.4 is 0 Å². The van der Waals surface area contributed by atoms with Crippen LogP contribution in [0.25, 0.3) is 16.8 Å². The van der Waals surface area contributed by atoms with E-state index in [4.69, 9.17) is 0 Å². The summed E-state index contributed by atoms with van der Waals surface area (Å²) < 4.78 is 14.9. The lowest BCUT2D eigenvalue weighted by molar-refractivity contribution is 0.316. The standard InChI is InChI=1S/C17H16FN3O/c1-11(2)16(20-22)15-14-5-3-4-10-21(14)19-17(15)12-6-8-13(18)9-7-12/h3-11,22H,1-2H3/b20-16+. The van der Waals surface area contributed by atoms with Crippen LogP contribution in [0, 0.1) is 11.7 Å². The predicted molar refractivity (Wildman–Crippen MR) is 83.7 cm³/mol. The predicted octanol–water partition coefficient (Wildman–Crippen LogP) is 3.97. The van der Waals surface area contributed by atoms with Gasteiger partial charge in [-0.1, -0.05) is 25.1 Å². The molecule has 0 aliphatic heterocycles. The highest BCUT2D eigenvalue weighted by Crippen LogP contribution is 2.29. The van der Waals surface area contributed by atoms with Crippen molar-refractivity contribution in [2.45, 2.75) is 13.8 Å². The number of hydrogen-bond donors (Lipinski definition) is 1. The molecule has 2 aromatic heterocycles. The molecular formula is C17H16FN3O. The number of nitrogens with zero attached hydrogens (tertiary/aromatic N) is 3. The Labute approximate surface area is 127 Å². The zero-order valence-corrected chi connectivity index (χ0v) is 12.4. The van der Waals surface area contributed by atoms with Crippen LogP contribution in [0.1, 0.15) is 19.4 Å². The minimum absolute atomic E-state index is 0.0254. The Balaban J connectivity index is 2.32. The average Bonchev–Trinajstić information content (AvgIpc) is 2.88. The third kappa shape index (κ3) is 2.35. The molecule has 0 unspecified atom stereocenters. The van der Waals surface area contributed by atoms with Gasteiger partial charge in [0.25, 0.3) is 0 Å². The van der Waals surface area contributed by atoms with Crippen molar-refractivity contribution in [1.82, 2.24) is 9.61 Å². The summed E-state index contributed by atoms with van der Waals surface area (Å²) in [6.45, 7) is 3.91. The smallest absolute Gasteiger partial charge is 0.123 e. The Hall–Kier alpha value is -2.69. The first-order valence-electron chi connectivity index (χ1n) is 7.07. The van der Waals surface area contributed by atoms with E-state index in [1.54, 1.807) is 16.6 Å². The Bertz CT molecular complexity index is 835. The molecule has 1 N–H and O–H groups in total. The topological polar surface area (TPSA) is 49.9 Å². The first kappa shape index (κ1) is 14.3. The van der Waals surface area contributed by atoms with Crippen LogP contribution in [0.4, 0.5) is 4.39 Å². The fourth-order valence-electron chi connectivity index (χ4n) is 2.52. The molecule has 0 aliphatic carbocycles. The Morgan fingerprint density at radius 3 is 2.55 bits per heavy atom. The van der Waals surface area contributed by atoms with Gasteiger partial charge in [-0.2, -0.15) is 5.10 Å². The Morgan fingerprint density at radius 1 is 1.18 bits per heavy atom. The molecular weight excluding hydrogens is 281 g/mol. The molecule has 0 spiro atoms. The van der Waals surface area contributed by atoms with Gasteiger partial charge in [0.15, 0.2) is 0 Å². The molecule has 0 atom stereocenters. The highest BCUT2D eigenvalue weighted by molar-refractivity contribution is 6.11. The van der Waals surface area contributed by atoms with Crippen molar-refractivity contribution < 1.29 is 9.60 Å². The largest absolute Gasteiger partial charge is 0.411 e. The fourth-order valence-corrected chi connectivity index (χ4v) is 2.52. The van der Waals surface area contributed by atoms with E-state index in [9.17, 15) is 9.60 Å². The van der Waals surface area contributed by atoms with Gasteiger partial charge in [-0.3, -0.25) is 0 Å². The molecule has 0 fully saturated rings. The summed E-state index contributed by atoms with van der Waals surface area (Å²) in [6.07, 6.45) is 1.83. The van der Waals surface area contributed by atoms with Crippen LogP contribution in [0.5, 0.6) is 0 Å². The third-order valence-electron chi connectivity index (χ3n) is 3.57. The van der Waals surface area contributed by atoms with Gasteiger partial charge in [0, 0.05) is 11.8 Å². The van der Waals surface area contributed by atoms with Gasteiger partial charge in [-0.05, 0) is 42.3 Å². The van der Waals surface area contributed by atoms with Gasteiger partial charge in [0.2, 0.25) is 0 Å². The molecule has 0 amide bonds. The summed E-state index contributed by atoms with van der Waals surface area (Å²) in [7, 11) is 0. The normalized spacial score (nSPS) is 12.3. The number of benzene rings is 1. The summed E-state index contributed by atoms with van der Waals surface area (Å²) in [6, 6.07) is 11.9. The molecule has 5 heteroatoms. The highest BCUT2D eigenvalue weighted by atomic mass is 19.1. The molecule has 0 saturated heterocycles. The lowest BCUT2D eigenvalue weighted by Crippen LogP contribution is -2.10. The molecule has 0 bridgehead atoms. The zero-order valence-electron chi connectivity index (χ0n) is 12.4. The molecule has 4 nitrogen and oxygen atoms in total. The van der Waals surface area contributed by atoms with Crippen LogP contribution in [0.2, 0.25) is 0 Å². The third-order valence-corrected chi connectivity index (χ3v) is 3.57. The second-order valence-corrected chi connectivity index (χ2v) is 5.40. The number of aromatic nitrogens is 2. The summed E-state index contributed by atoms with van der Waals surface area (Å²) >= 11 is 0. The van der Waals surface area contributed by atoms with Crippen molar-refractivity contribution in [3.05, 3.63) is 60.0 Å². The summed E-state index contributed by atoms with van der Waals surface area (Å²) in [4.78, 5) is 0. The minimum atomic E-state index is -0.297. The molecule has 2 heterocycles. The zero-order chi connectivity index (χ0) is 15.7. The van der Waals surface area contributed by atoms with Crippen LogP contribution in [-0.4, -0.2) is 20.5 Å². The number of rotatable bonds is 3. The summed E-state index contributed by atoms with van der Waals surface area (Å²) in [5.41, 5.74) is 3.63. The maximum atomic E-state index is 13.2. The Kier molecular flexibility index (Phi) is 3.63. The van der Waals surface area contributed by atoms with E-state index in [0.717, 1.165) is 16.6 Å². The maximum absolute atomic E-state index is 13.2. The molecule has 3 aromatic rings. The molecule has 112 valence electrons. The van der Waals surface area contributed by atoms with Gasteiger partial charge in [0.1, 0.15) is 11.5 Å². The molecule has 0 radical (unpaired) electrons. The van der Waals surface area contributed by atoms with Gasteiger partial charge in [-0.25, -0.2) is 8.91 Å². The van der Waals surface area contributed by atoms with Crippen molar-refractivity contribution in [3.63, 3.8) is 0 Å². The van der Waals surface area contributed by atoms with Crippen LogP contribution >= 0.6 is 0 Å². The second kappa shape index (κ2) is 5.60. The van der Waals surface area contributed by atoms with Crippen molar-refractivity contribution in [3.8, 4) is 11.3 Å². The van der Waals surface area contributed by atoms with Crippen molar-refractivity contribution >= 4 is 11.2 Å². The van der Waals surface area contributed by atoms with E-state index in [-0.39, 0.29) is 11.7 Å². The first-order valence-corrected chi connectivity index (χ1v) is 7.07. The van der Waals surface area contributed by atoms with Crippen LogP contribution in [0.3, 0.4) is 0 Å². The minimum Gasteiger partial charge on any atom is -0.411 e. The monoisotopic (exact) mass is 297 g/mol. The van der Waals surface area contributed by atoms with Crippen molar-refractivity contribution in [1.29, 1.82) is 0 Å². The molecule has 1 aromatic carbocycles. The molecule has 22 heavy (non-hydrogen) atoms. The van der Waals surface area contributed by atoms with E-state index in [1.165, 1.54) is 12.1 Å². The highest BCUT2D eigenvalue weighted by Gasteiger charge is 2.21. The van der Waals surface area contributed by atoms with E-state index in [1.807, 2.05) is 38.2 Å². The quantitative estimate of drug-likeness (QED) is 0.452. The maximum Gasteiger partial charge on any atom is 0.123 e. The summed E-state index contributed by atoms with van der Waals surface area (Å²) in [5.74, 6) is -0.272. The van der Waals surface area contributed by atoms with Crippen molar-refractivity contribution in [2.75, 3.05) is 0 Å². The van der Waals surface area contributed by atoms with E-state index in [0.29, 0.717) is 11.4 Å². The van der Waals surface area contributed by atoms with Crippen LogP contribution in [-0.2, 0) is 0 Å². The number of halogens is 1. The van der Waals surface area contributed by atoms with Gasteiger partial charge >= 0.3 is 0 Å². The lowest BCUT2D eigenvalue weighted by atomic mass is 9.96. The first-order chi connectivity index (χ1) is 10.6. The number of fused-ring (bicyclic) bond motifs is 1. The van der Waals surface area contributed by atoms with E-state index < -0.39 is 0 Å².